The van der Waals surface area contributed by atoms with Crippen LogP contribution < -0.4 is 10.6 Å². The molecule has 1 unspecified atom stereocenters. The summed E-state index contributed by atoms with van der Waals surface area (Å²) in [5, 5.41) is 0. The number of phosphoric ester groups is 1. The summed E-state index contributed by atoms with van der Waals surface area (Å²) in [6, 6.07) is 0. The van der Waals surface area contributed by atoms with Crippen LogP contribution in [0.25, 0.3) is 0 Å². The van der Waals surface area contributed by atoms with E-state index in [1.54, 1.807) is 0 Å². The van der Waals surface area contributed by atoms with Gasteiger partial charge in [-0.2, -0.15) is 0 Å². The van der Waals surface area contributed by atoms with Gasteiger partial charge in [0.05, 0.1) is 33.0 Å². The molecular weight excluding hydrogens is 333 g/mol. The number of hydrogen-bond donors (Lipinski definition) is 1. The van der Waals surface area contributed by atoms with Gasteiger partial charge in [-0.15, -0.1) is 0 Å². The summed E-state index contributed by atoms with van der Waals surface area (Å²) in [6.45, 7) is 4.08. The molecule has 0 radical (unpaired) electrons. The minimum absolute atomic E-state index is 0.0661. The van der Waals surface area contributed by atoms with Crippen LogP contribution in [0.3, 0.4) is 0 Å². The minimum Gasteiger partial charge on any atom is -0.756 e. The van der Waals surface area contributed by atoms with Crippen molar-refractivity contribution in [1.29, 1.82) is 0 Å². The number of nitrogens with two attached hydrogens (primary N) is 1. The second kappa shape index (κ2) is 17.8. The largest absolute Gasteiger partial charge is 0.756 e. The molecule has 0 aliphatic rings. The molecule has 0 aromatic heterocycles. The molecule has 0 spiro atoms. The lowest BCUT2D eigenvalue weighted by Gasteiger charge is -2.22. The highest BCUT2D eigenvalue weighted by Crippen LogP contribution is 2.37. The molecule has 0 fully saturated rings. The molecule has 7 nitrogen and oxygen atoms in total. The topological polar surface area (TPSA) is 103 Å². The van der Waals surface area contributed by atoms with Crippen molar-refractivity contribution >= 4 is 7.82 Å². The molecule has 0 rings (SSSR count). The Balaban J connectivity index is 3.16. The van der Waals surface area contributed by atoms with Gasteiger partial charge in [-0.3, -0.25) is 4.57 Å². The number of ether oxygens (including phenoxy) is 2. The number of hydrogen-bond acceptors (Lipinski definition) is 7. The first kappa shape index (κ1) is 24.0. The molecule has 8 heteroatoms. The van der Waals surface area contributed by atoms with Gasteiger partial charge in [0.25, 0.3) is 7.82 Å². The Kier molecular flexibility index (Phi) is 17.8. The van der Waals surface area contributed by atoms with Crippen LogP contribution in [0.1, 0.15) is 58.3 Å². The van der Waals surface area contributed by atoms with E-state index >= 15 is 0 Å². The molecule has 0 aromatic carbocycles. The van der Waals surface area contributed by atoms with Crippen LogP contribution in [0.15, 0.2) is 0 Å². The van der Waals surface area contributed by atoms with Gasteiger partial charge < -0.3 is 29.1 Å². The van der Waals surface area contributed by atoms with E-state index in [0.717, 1.165) is 13.0 Å². The van der Waals surface area contributed by atoms with E-state index in [9.17, 15) is 9.46 Å². The third-order valence-corrected chi connectivity index (χ3v) is 4.36. The van der Waals surface area contributed by atoms with Gasteiger partial charge in [-0.25, -0.2) is 0 Å². The fraction of sp³-hybridized carbons (Fsp3) is 1.00. The minimum atomic E-state index is -4.24. The highest BCUT2D eigenvalue weighted by Gasteiger charge is 2.07. The predicted octanol–water partition coefficient (Wildman–Crippen LogP) is 2.62. The molecular formula is C16H35NO6P-. The summed E-state index contributed by atoms with van der Waals surface area (Å²) in [4.78, 5) is 11.2. The lowest BCUT2D eigenvalue weighted by molar-refractivity contribution is -0.226. The van der Waals surface area contributed by atoms with Crippen LogP contribution in [-0.2, 0) is 23.1 Å². The van der Waals surface area contributed by atoms with E-state index in [4.69, 9.17) is 15.2 Å². The molecule has 146 valence electrons. The van der Waals surface area contributed by atoms with Gasteiger partial charge in [0.2, 0.25) is 0 Å². The van der Waals surface area contributed by atoms with E-state index in [1.807, 2.05) is 0 Å². The van der Waals surface area contributed by atoms with E-state index < -0.39 is 7.82 Å². The zero-order valence-electron chi connectivity index (χ0n) is 15.1. The zero-order valence-corrected chi connectivity index (χ0v) is 16.0. The van der Waals surface area contributed by atoms with Crippen LogP contribution in [0.5, 0.6) is 0 Å². The normalized spacial score (nSPS) is 14.0. The van der Waals surface area contributed by atoms with Crippen LogP contribution in [-0.4, -0.2) is 46.2 Å². The van der Waals surface area contributed by atoms with Crippen LogP contribution in [0, 0.1) is 0 Å². The molecule has 0 saturated carbocycles. The van der Waals surface area contributed by atoms with Crippen LogP contribution >= 0.6 is 7.82 Å². The lowest BCUT2D eigenvalue weighted by atomic mass is 10.1. The smallest absolute Gasteiger partial charge is 0.267 e. The lowest BCUT2D eigenvalue weighted by Crippen LogP contribution is -2.16. The standard InChI is InChI=1S/C16H36NO6P/c1-2-3-4-5-6-7-8-9-11-20-13-14-21-15-16-23-24(18,19)22-12-10-17/h2-17H2,1H3,(H,18,19)/p-1. The SMILES string of the molecule is CCCCCCCCCCOCCOCCOP(=O)([O-])OCCN. The second-order valence-corrected chi connectivity index (χ2v) is 7.01. The average molecular weight is 368 g/mol. The van der Waals surface area contributed by atoms with Gasteiger partial charge in [0.15, 0.2) is 0 Å². The molecule has 0 saturated heterocycles. The average Bonchev–Trinajstić information content (AvgIpc) is 2.56. The van der Waals surface area contributed by atoms with E-state index in [2.05, 4.69) is 16.0 Å². The Hall–Kier alpha value is -0.0100. The molecule has 0 amide bonds. The first-order valence-corrected chi connectivity index (χ1v) is 10.5. The van der Waals surface area contributed by atoms with Gasteiger partial charge in [0, 0.05) is 13.2 Å². The van der Waals surface area contributed by atoms with Gasteiger partial charge in [-0.1, -0.05) is 51.9 Å². The van der Waals surface area contributed by atoms with Crippen molar-refractivity contribution < 1.29 is 28.0 Å². The first-order valence-electron chi connectivity index (χ1n) is 9.08. The van der Waals surface area contributed by atoms with Crippen molar-refractivity contribution in [2.45, 2.75) is 58.3 Å². The Morgan fingerprint density at radius 2 is 1.25 bits per heavy atom. The third-order valence-electron chi connectivity index (χ3n) is 3.36. The summed E-state index contributed by atoms with van der Waals surface area (Å²) >= 11 is 0. The van der Waals surface area contributed by atoms with Gasteiger partial charge in [-0.05, 0) is 6.42 Å². The molecule has 0 aliphatic heterocycles. The predicted molar refractivity (Wildman–Crippen MR) is 92.8 cm³/mol. The maximum Gasteiger partial charge on any atom is 0.267 e. The summed E-state index contributed by atoms with van der Waals surface area (Å²) in [5.74, 6) is 0. The number of rotatable bonds is 19. The Morgan fingerprint density at radius 1 is 0.750 bits per heavy atom. The number of unbranched alkanes of at least 4 members (excludes halogenated alkanes) is 7. The maximum absolute atomic E-state index is 11.2. The fourth-order valence-electron chi connectivity index (χ4n) is 2.07. The summed E-state index contributed by atoms with van der Waals surface area (Å²) in [5.41, 5.74) is 5.14. The Morgan fingerprint density at radius 3 is 1.88 bits per heavy atom. The third kappa shape index (κ3) is 18.3. The summed E-state index contributed by atoms with van der Waals surface area (Å²) < 4.78 is 30.9. The molecule has 1 atom stereocenters. The molecule has 0 bridgehead atoms. The number of phosphoric acid groups is 1. The van der Waals surface area contributed by atoms with Crippen molar-refractivity contribution in [1.82, 2.24) is 0 Å². The van der Waals surface area contributed by atoms with Gasteiger partial charge in [0.1, 0.15) is 0 Å². The summed E-state index contributed by atoms with van der Waals surface area (Å²) in [6.07, 6.45) is 10.2. The maximum atomic E-state index is 11.2. The molecule has 24 heavy (non-hydrogen) atoms. The van der Waals surface area contributed by atoms with Crippen molar-refractivity contribution in [2.75, 3.05) is 46.2 Å². The monoisotopic (exact) mass is 368 g/mol. The van der Waals surface area contributed by atoms with Crippen molar-refractivity contribution in [3.8, 4) is 0 Å². The van der Waals surface area contributed by atoms with Crippen molar-refractivity contribution in [3.63, 3.8) is 0 Å². The molecule has 2 N–H and O–H groups in total. The van der Waals surface area contributed by atoms with Gasteiger partial charge >= 0.3 is 0 Å². The van der Waals surface area contributed by atoms with Crippen LogP contribution in [0.2, 0.25) is 0 Å². The molecule has 0 aromatic rings. The highest BCUT2D eigenvalue weighted by molar-refractivity contribution is 7.45. The fourth-order valence-corrected chi connectivity index (χ4v) is 2.77. The quantitative estimate of drug-likeness (QED) is 0.276. The second-order valence-electron chi connectivity index (χ2n) is 5.60. The van der Waals surface area contributed by atoms with E-state index in [1.165, 1.54) is 44.9 Å². The Labute approximate surface area is 146 Å². The summed E-state index contributed by atoms with van der Waals surface area (Å²) in [7, 11) is -4.24. The first-order chi connectivity index (χ1) is 11.6. The molecule has 0 heterocycles. The van der Waals surface area contributed by atoms with E-state index in [-0.39, 0.29) is 26.4 Å². The van der Waals surface area contributed by atoms with E-state index in [0.29, 0.717) is 13.2 Å². The van der Waals surface area contributed by atoms with Crippen molar-refractivity contribution in [3.05, 3.63) is 0 Å². The zero-order chi connectivity index (χ0) is 17.9. The van der Waals surface area contributed by atoms with Crippen molar-refractivity contribution in [2.24, 2.45) is 5.73 Å². The highest BCUT2D eigenvalue weighted by atomic mass is 31.2. The van der Waals surface area contributed by atoms with Crippen LogP contribution in [0.4, 0.5) is 0 Å². The molecule has 0 aliphatic carbocycles. The Bertz CT molecular complexity index is 306.